The average molecular weight is 380 g/mol. The standard InChI is InChI=1S/C24H33NOSi/c1-18(2)27(19(3)4,20(5)6)26-24(22-15-11-8-12-16-22)23(17-25)21-13-9-7-10-14-21/h7-16,18-20,23-24H,1-6H3. The van der Waals surface area contributed by atoms with Crippen molar-refractivity contribution in [1.82, 2.24) is 0 Å². The number of rotatable bonds is 8. The molecule has 144 valence electrons. The Morgan fingerprint density at radius 3 is 1.48 bits per heavy atom. The molecule has 0 radical (unpaired) electrons. The molecule has 0 N–H and O–H groups in total. The van der Waals surface area contributed by atoms with Crippen molar-refractivity contribution in [2.24, 2.45) is 0 Å². The van der Waals surface area contributed by atoms with Crippen LogP contribution < -0.4 is 0 Å². The van der Waals surface area contributed by atoms with Gasteiger partial charge in [0, 0.05) is 0 Å². The lowest BCUT2D eigenvalue weighted by molar-refractivity contribution is 0.163. The zero-order valence-electron chi connectivity index (χ0n) is 17.5. The van der Waals surface area contributed by atoms with Gasteiger partial charge in [0.15, 0.2) is 0 Å². The fourth-order valence-electron chi connectivity index (χ4n) is 4.58. The number of nitrogens with zero attached hydrogens (tertiary/aromatic N) is 1. The molecule has 0 fully saturated rings. The molecule has 2 nitrogen and oxygen atoms in total. The number of hydrogen-bond acceptors (Lipinski definition) is 2. The van der Waals surface area contributed by atoms with Gasteiger partial charge in [0.2, 0.25) is 8.32 Å². The van der Waals surface area contributed by atoms with Crippen LogP contribution >= 0.6 is 0 Å². The van der Waals surface area contributed by atoms with E-state index in [0.717, 1.165) is 11.1 Å². The molecule has 3 heteroatoms. The molecule has 2 unspecified atom stereocenters. The van der Waals surface area contributed by atoms with Crippen molar-refractivity contribution in [2.45, 2.75) is 70.2 Å². The summed E-state index contributed by atoms with van der Waals surface area (Å²) in [6.07, 6.45) is -0.252. The molecule has 0 saturated heterocycles. The molecular formula is C24H33NOSi. The van der Waals surface area contributed by atoms with Gasteiger partial charge in [-0.05, 0) is 27.8 Å². The molecule has 0 aromatic heterocycles. The van der Waals surface area contributed by atoms with E-state index < -0.39 is 8.32 Å². The van der Waals surface area contributed by atoms with Gasteiger partial charge in [0.25, 0.3) is 0 Å². The molecule has 0 aliphatic carbocycles. The first kappa shape index (κ1) is 21.4. The molecule has 0 aliphatic heterocycles. The van der Waals surface area contributed by atoms with Crippen molar-refractivity contribution in [1.29, 1.82) is 5.26 Å². The van der Waals surface area contributed by atoms with Crippen LogP contribution in [0.4, 0.5) is 0 Å². The zero-order valence-corrected chi connectivity index (χ0v) is 18.5. The Bertz CT molecular complexity index is 712. The van der Waals surface area contributed by atoms with Crippen LogP contribution in [0.5, 0.6) is 0 Å². The first-order chi connectivity index (χ1) is 12.8. The lowest BCUT2D eigenvalue weighted by Crippen LogP contribution is -2.49. The summed E-state index contributed by atoms with van der Waals surface area (Å²) in [5, 5.41) is 10.1. The fraction of sp³-hybridized carbons (Fsp3) is 0.458. The van der Waals surface area contributed by atoms with Crippen molar-refractivity contribution in [2.75, 3.05) is 0 Å². The first-order valence-electron chi connectivity index (χ1n) is 10.0. The second-order valence-corrected chi connectivity index (χ2v) is 13.7. The van der Waals surface area contributed by atoms with Crippen molar-refractivity contribution in [3.05, 3.63) is 71.8 Å². The highest BCUT2D eigenvalue weighted by Gasteiger charge is 2.48. The van der Waals surface area contributed by atoms with Gasteiger partial charge in [0.05, 0.1) is 12.2 Å². The van der Waals surface area contributed by atoms with E-state index in [4.69, 9.17) is 4.43 Å². The SMILES string of the molecule is CC(C)[Si](OC(c1ccccc1)C(C#N)c1ccccc1)(C(C)C)C(C)C. The molecule has 2 atom stereocenters. The summed E-state index contributed by atoms with van der Waals surface area (Å²) in [7, 11) is -2.14. The molecule has 0 aliphatic rings. The maximum atomic E-state index is 10.1. The minimum absolute atomic E-state index is 0.252. The van der Waals surface area contributed by atoms with Crippen LogP contribution in [0.15, 0.2) is 60.7 Å². The van der Waals surface area contributed by atoms with Crippen molar-refractivity contribution in [3.8, 4) is 6.07 Å². The third kappa shape index (κ3) is 4.51. The Balaban J connectivity index is 2.58. The molecular weight excluding hydrogens is 346 g/mol. The second-order valence-electron chi connectivity index (χ2n) is 8.28. The van der Waals surface area contributed by atoms with Gasteiger partial charge in [-0.25, -0.2) is 0 Å². The molecule has 0 bridgehead atoms. The number of benzene rings is 2. The van der Waals surface area contributed by atoms with Gasteiger partial charge in [-0.2, -0.15) is 5.26 Å². The van der Waals surface area contributed by atoms with Gasteiger partial charge in [-0.3, -0.25) is 0 Å². The molecule has 27 heavy (non-hydrogen) atoms. The van der Waals surface area contributed by atoms with Crippen LogP contribution in [0.25, 0.3) is 0 Å². The quantitative estimate of drug-likeness (QED) is 0.453. The summed E-state index contributed by atoms with van der Waals surface area (Å²) in [6, 6.07) is 22.9. The van der Waals surface area contributed by atoms with Gasteiger partial charge in [-0.1, -0.05) is 102 Å². The summed E-state index contributed by atoms with van der Waals surface area (Å²) >= 11 is 0. The Labute approximate surface area is 166 Å². The lowest BCUT2D eigenvalue weighted by Gasteiger charge is -2.45. The van der Waals surface area contributed by atoms with Crippen molar-refractivity contribution in [3.63, 3.8) is 0 Å². The maximum absolute atomic E-state index is 10.1. The van der Waals surface area contributed by atoms with E-state index in [1.807, 2.05) is 48.5 Å². The molecule has 0 saturated carbocycles. The predicted molar refractivity (Wildman–Crippen MR) is 116 cm³/mol. The van der Waals surface area contributed by atoms with E-state index in [9.17, 15) is 5.26 Å². The van der Waals surface area contributed by atoms with Gasteiger partial charge < -0.3 is 4.43 Å². The van der Waals surface area contributed by atoms with E-state index in [1.54, 1.807) is 0 Å². The van der Waals surface area contributed by atoms with E-state index in [0.29, 0.717) is 16.6 Å². The van der Waals surface area contributed by atoms with E-state index in [-0.39, 0.29) is 12.0 Å². The van der Waals surface area contributed by atoms with Crippen LogP contribution in [-0.4, -0.2) is 8.32 Å². The highest BCUT2D eigenvalue weighted by Crippen LogP contribution is 2.47. The van der Waals surface area contributed by atoms with Crippen LogP contribution in [0.1, 0.15) is 64.7 Å². The van der Waals surface area contributed by atoms with Crippen molar-refractivity contribution >= 4 is 8.32 Å². The number of hydrogen-bond donors (Lipinski definition) is 0. The summed E-state index contributed by atoms with van der Waals surface area (Å²) in [4.78, 5) is 0. The van der Waals surface area contributed by atoms with Gasteiger partial charge in [-0.15, -0.1) is 0 Å². The molecule has 2 rings (SSSR count). The summed E-state index contributed by atoms with van der Waals surface area (Å²) in [6.45, 7) is 13.7. The Morgan fingerprint density at radius 1 is 0.704 bits per heavy atom. The summed E-state index contributed by atoms with van der Waals surface area (Å²) < 4.78 is 7.13. The molecule has 0 heterocycles. The number of nitriles is 1. The van der Waals surface area contributed by atoms with Crippen LogP contribution in [0, 0.1) is 11.3 Å². The highest BCUT2D eigenvalue weighted by atomic mass is 28.4. The Morgan fingerprint density at radius 2 is 1.11 bits per heavy atom. The maximum Gasteiger partial charge on any atom is 0.201 e. The molecule has 2 aromatic rings. The average Bonchev–Trinajstić information content (AvgIpc) is 2.65. The third-order valence-corrected chi connectivity index (χ3v) is 11.8. The molecule has 2 aromatic carbocycles. The highest BCUT2D eigenvalue weighted by molar-refractivity contribution is 6.77. The van der Waals surface area contributed by atoms with Gasteiger partial charge in [0.1, 0.15) is 5.92 Å². The van der Waals surface area contributed by atoms with Crippen LogP contribution in [0.3, 0.4) is 0 Å². The second kappa shape index (κ2) is 9.35. The summed E-state index contributed by atoms with van der Waals surface area (Å²) in [5.74, 6) is -0.322. The van der Waals surface area contributed by atoms with E-state index >= 15 is 0 Å². The molecule has 0 amide bonds. The van der Waals surface area contributed by atoms with Crippen LogP contribution in [-0.2, 0) is 4.43 Å². The largest absolute Gasteiger partial charge is 0.407 e. The minimum Gasteiger partial charge on any atom is -0.407 e. The van der Waals surface area contributed by atoms with E-state index in [1.165, 1.54) is 0 Å². The van der Waals surface area contributed by atoms with Crippen LogP contribution in [0.2, 0.25) is 16.6 Å². The first-order valence-corrected chi connectivity index (χ1v) is 12.2. The summed E-state index contributed by atoms with van der Waals surface area (Å²) in [5.41, 5.74) is 3.52. The monoisotopic (exact) mass is 379 g/mol. The van der Waals surface area contributed by atoms with Gasteiger partial charge >= 0.3 is 0 Å². The fourth-order valence-corrected chi connectivity index (χ4v) is 10.1. The minimum atomic E-state index is -2.14. The topological polar surface area (TPSA) is 33.0 Å². The third-order valence-electron chi connectivity index (χ3n) is 5.77. The molecule has 0 spiro atoms. The zero-order chi connectivity index (χ0) is 20.0. The predicted octanol–water partition coefficient (Wildman–Crippen LogP) is 7.23. The Hall–Kier alpha value is -1.89. The van der Waals surface area contributed by atoms with E-state index in [2.05, 4.69) is 59.7 Å². The Kier molecular flexibility index (Phi) is 7.41. The normalized spacial score (nSPS) is 14.4. The smallest absolute Gasteiger partial charge is 0.201 e. The van der Waals surface area contributed by atoms with Crippen molar-refractivity contribution < 1.29 is 4.43 Å². The lowest BCUT2D eigenvalue weighted by atomic mass is 9.90.